The minimum atomic E-state index is -0.140. The maximum atomic E-state index is 9.35. The van der Waals surface area contributed by atoms with Gasteiger partial charge in [-0.1, -0.05) is 29.8 Å². The van der Waals surface area contributed by atoms with Gasteiger partial charge in [0.05, 0.1) is 0 Å². The number of nitrogens with two attached hydrogens (primary N) is 1. The van der Waals surface area contributed by atoms with Gasteiger partial charge >= 0.3 is 0 Å². The predicted octanol–water partition coefficient (Wildman–Crippen LogP) is 3.67. The van der Waals surface area contributed by atoms with Gasteiger partial charge in [-0.2, -0.15) is 5.26 Å². The van der Waals surface area contributed by atoms with E-state index in [2.05, 4.69) is 26.8 Å². The monoisotopic (exact) mass is 253 g/mol. The average Bonchev–Trinajstić information content (AvgIpc) is 2.67. The lowest BCUT2D eigenvalue weighted by Gasteiger charge is -2.22. The second-order valence-electron chi connectivity index (χ2n) is 5.82. The van der Waals surface area contributed by atoms with E-state index < -0.39 is 0 Å². The first-order valence-corrected chi connectivity index (χ1v) is 6.33. The number of benzene rings is 1. The first kappa shape index (κ1) is 13.2. The summed E-state index contributed by atoms with van der Waals surface area (Å²) in [5.41, 5.74) is 9.65. The first-order valence-electron chi connectivity index (χ1n) is 6.33. The standard InChI is InChI=1S/C16H19N3/c1-11-5-7-12(8-6-11)14-10-19(16(2,3)4)15(18)13(14)9-17/h5-8,10H,18H2,1-4H3. The van der Waals surface area contributed by atoms with Crippen LogP contribution in [0, 0.1) is 18.3 Å². The van der Waals surface area contributed by atoms with Gasteiger partial charge in [-0.25, -0.2) is 0 Å². The highest BCUT2D eigenvalue weighted by Gasteiger charge is 2.21. The molecule has 0 aliphatic rings. The molecule has 0 atom stereocenters. The first-order chi connectivity index (χ1) is 8.84. The van der Waals surface area contributed by atoms with Crippen molar-refractivity contribution in [2.24, 2.45) is 0 Å². The average molecular weight is 253 g/mol. The van der Waals surface area contributed by atoms with E-state index in [1.165, 1.54) is 5.56 Å². The van der Waals surface area contributed by atoms with Gasteiger partial charge in [0.1, 0.15) is 17.5 Å². The summed E-state index contributed by atoms with van der Waals surface area (Å²) < 4.78 is 1.96. The summed E-state index contributed by atoms with van der Waals surface area (Å²) in [6.45, 7) is 8.26. The normalized spacial score (nSPS) is 11.3. The molecule has 1 aromatic heterocycles. The van der Waals surface area contributed by atoms with Crippen molar-refractivity contribution >= 4 is 5.82 Å². The Morgan fingerprint density at radius 1 is 1.16 bits per heavy atom. The van der Waals surface area contributed by atoms with Gasteiger partial charge in [-0.05, 0) is 33.3 Å². The van der Waals surface area contributed by atoms with Gasteiger partial charge < -0.3 is 10.3 Å². The molecule has 0 spiro atoms. The van der Waals surface area contributed by atoms with E-state index in [1.807, 2.05) is 42.0 Å². The molecular formula is C16H19N3. The number of hydrogen-bond donors (Lipinski definition) is 1. The summed E-state index contributed by atoms with van der Waals surface area (Å²) in [7, 11) is 0. The molecule has 2 aromatic rings. The van der Waals surface area contributed by atoms with E-state index >= 15 is 0 Å². The van der Waals surface area contributed by atoms with Crippen LogP contribution in [-0.2, 0) is 5.54 Å². The van der Waals surface area contributed by atoms with Crippen LogP contribution in [0.25, 0.3) is 11.1 Å². The molecule has 0 bridgehead atoms. The van der Waals surface area contributed by atoms with Crippen LogP contribution in [0.15, 0.2) is 30.5 Å². The number of nitriles is 1. The Hall–Kier alpha value is -2.21. The van der Waals surface area contributed by atoms with Crippen molar-refractivity contribution in [2.45, 2.75) is 33.2 Å². The molecule has 0 fully saturated rings. The molecule has 1 heterocycles. The maximum Gasteiger partial charge on any atom is 0.122 e. The van der Waals surface area contributed by atoms with Crippen LogP contribution in [-0.4, -0.2) is 4.57 Å². The molecule has 0 aliphatic carbocycles. The van der Waals surface area contributed by atoms with Gasteiger partial charge in [0.2, 0.25) is 0 Å². The Labute approximate surface area is 114 Å². The highest BCUT2D eigenvalue weighted by Crippen LogP contribution is 2.33. The highest BCUT2D eigenvalue weighted by molar-refractivity contribution is 5.76. The van der Waals surface area contributed by atoms with E-state index in [9.17, 15) is 5.26 Å². The van der Waals surface area contributed by atoms with Crippen molar-refractivity contribution in [3.8, 4) is 17.2 Å². The number of hydrogen-bond acceptors (Lipinski definition) is 2. The maximum absolute atomic E-state index is 9.35. The zero-order valence-electron chi connectivity index (χ0n) is 11.9. The fourth-order valence-electron chi connectivity index (χ4n) is 2.15. The minimum Gasteiger partial charge on any atom is -0.384 e. The van der Waals surface area contributed by atoms with E-state index in [4.69, 9.17) is 5.73 Å². The molecule has 1 aromatic carbocycles. The molecule has 0 amide bonds. The predicted molar refractivity (Wildman–Crippen MR) is 78.7 cm³/mol. The van der Waals surface area contributed by atoms with Crippen LogP contribution in [0.1, 0.15) is 31.9 Å². The molecule has 2 N–H and O–H groups in total. The number of rotatable bonds is 1. The van der Waals surface area contributed by atoms with Crippen LogP contribution < -0.4 is 5.73 Å². The molecule has 19 heavy (non-hydrogen) atoms. The van der Waals surface area contributed by atoms with E-state index in [0.29, 0.717) is 11.4 Å². The molecule has 0 radical (unpaired) electrons. The molecule has 98 valence electrons. The van der Waals surface area contributed by atoms with Gasteiger partial charge in [0.15, 0.2) is 0 Å². The zero-order chi connectivity index (χ0) is 14.2. The summed E-state index contributed by atoms with van der Waals surface area (Å²) in [6, 6.07) is 10.4. The van der Waals surface area contributed by atoms with Crippen molar-refractivity contribution in [3.05, 3.63) is 41.6 Å². The number of aromatic nitrogens is 1. The van der Waals surface area contributed by atoms with Crippen LogP contribution in [0.5, 0.6) is 0 Å². The molecule has 2 rings (SSSR count). The van der Waals surface area contributed by atoms with Crippen molar-refractivity contribution in [3.63, 3.8) is 0 Å². The molecule has 0 saturated carbocycles. The van der Waals surface area contributed by atoms with Crippen LogP contribution in [0.3, 0.4) is 0 Å². The lowest BCUT2D eigenvalue weighted by atomic mass is 10.0. The Morgan fingerprint density at radius 3 is 2.21 bits per heavy atom. The summed E-state index contributed by atoms with van der Waals surface area (Å²) in [5.74, 6) is 0.533. The lowest BCUT2D eigenvalue weighted by Crippen LogP contribution is -2.22. The van der Waals surface area contributed by atoms with E-state index in [-0.39, 0.29) is 5.54 Å². The van der Waals surface area contributed by atoms with E-state index in [1.54, 1.807) is 0 Å². The summed E-state index contributed by atoms with van der Waals surface area (Å²) in [6.07, 6.45) is 1.97. The van der Waals surface area contributed by atoms with Crippen molar-refractivity contribution in [1.82, 2.24) is 4.57 Å². The quantitative estimate of drug-likeness (QED) is 0.843. The Morgan fingerprint density at radius 2 is 1.74 bits per heavy atom. The molecule has 3 heteroatoms. The van der Waals surface area contributed by atoms with Crippen LogP contribution in [0.2, 0.25) is 0 Å². The molecule has 3 nitrogen and oxygen atoms in total. The summed E-state index contributed by atoms with van der Waals surface area (Å²) in [4.78, 5) is 0. The van der Waals surface area contributed by atoms with Gasteiger partial charge in [-0.15, -0.1) is 0 Å². The number of aryl methyl sites for hydroxylation is 1. The Kier molecular flexibility index (Phi) is 3.11. The van der Waals surface area contributed by atoms with Crippen molar-refractivity contribution < 1.29 is 0 Å². The van der Waals surface area contributed by atoms with Crippen molar-refractivity contribution in [2.75, 3.05) is 5.73 Å². The topological polar surface area (TPSA) is 54.7 Å². The smallest absolute Gasteiger partial charge is 0.122 e. The Balaban J connectivity index is 2.65. The number of nitrogens with zero attached hydrogens (tertiary/aromatic N) is 2. The lowest BCUT2D eigenvalue weighted by molar-refractivity contribution is 0.404. The van der Waals surface area contributed by atoms with Crippen LogP contribution >= 0.6 is 0 Å². The van der Waals surface area contributed by atoms with Crippen molar-refractivity contribution in [1.29, 1.82) is 5.26 Å². The third-order valence-electron chi connectivity index (χ3n) is 3.24. The molecule has 0 unspecified atom stereocenters. The molecule has 0 aliphatic heterocycles. The SMILES string of the molecule is Cc1ccc(-c2cn(C(C)(C)C)c(N)c2C#N)cc1. The Bertz CT molecular complexity index is 634. The van der Waals surface area contributed by atoms with E-state index in [0.717, 1.165) is 11.1 Å². The zero-order valence-corrected chi connectivity index (χ0v) is 11.9. The van der Waals surface area contributed by atoms with Gasteiger partial charge in [0, 0.05) is 17.3 Å². The highest BCUT2D eigenvalue weighted by atomic mass is 15.1. The van der Waals surface area contributed by atoms with Gasteiger partial charge in [0.25, 0.3) is 0 Å². The minimum absolute atomic E-state index is 0.140. The van der Waals surface area contributed by atoms with Gasteiger partial charge in [-0.3, -0.25) is 0 Å². The number of anilines is 1. The fraction of sp³-hybridized carbons (Fsp3) is 0.312. The molecular weight excluding hydrogens is 234 g/mol. The van der Waals surface area contributed by atoms with Crippen LogP contribution in [0.4, 0.5) is 5.82 Å². The number of nitrogen functional groups attached to an aromatic ring is 1. The second-order valence-corrected chi connectivity index (χ2v) is 5.82. The third kappa shape index (κ3) is 2.34. The molecule has 0 saturated heterocycles. The fourth-order valence-corrected chi connectivity index (χ4v) is 2.15. The second kappa shape index (κ2) is 4.47. The largest absolute Gasteiger partial charge is 0.384 e. The summed E-state index contributed by atoms with van der Waals surface area (Å²) in [5, 5.41) is 9.35. The summed E-state index contributed by atoms with van der Waals surface area (Å²) >= 11 is 0. The third-order valence-corrected chi connectivity index (χ3v) is 3.24.